The van der Waals surface area contributed by atoms with E-state index in [4.69, 9.17) is 14.2 Å². The molecule has 2 aliphatic rings. The van der Waals surface area contributed by atoms with Crippen LogP contribution in [0.4, 0.5) is 0 Å². The number of ether oxygens (including phenoxy) is 3. The van der Waals surface area contributed by atoms with Crippen molar-refractivity contribution in [3.63, 3.8) is 0 Å². The highest BCUT2D eigenvalue weighted by atomic mass is 16.6. The van der Waals surface area contributed by atoms with Crippen molar-refractivity contribution >= 4 is 23.8 Å². The largest absolute Gasteiger partial charge is 0.496 e. The average molecular weight is 647 g/mol. The van der Waals surface area contributed by atoms with Gasteiger partial charge in [0.2, 0.25) is 11.8 Å². The molecule has 1 aliphatic heterocycles. The Hall–Kier alpha value is -4.44. The number of carbonyl (C=O) groups excluding carboxylic acids is 4. The fraction of sp³-hybridized carbons (Fsp3) is 0.459. The highest BCUT2D eigenvalue weighted by Gasteiger charge is 2.48. The SMILES string of the molecule is COc1ccc(C[C@H]2NC(=O)/C=C/C[C@@H]([C@H](C)C3=C[C@]3(O)c3ccccc3)OC(=O)[C@H](CC(C)C)OC(=O)[C@H](C)CNC2=O)cc1C. The number of benzene rings is 2. The van der Waals surface area contributed by atoms with Gasteiger partial charge in [-0.3, -0.25) is 14.4 Å². The minimum absolute atomic E-state index is 0.0112. The van der Waals surface area contributed by atoms with Gasteiger partial charge in [0, 0.05) is 25.3 Å². The maximum atomic E-state index is 13.5. The van der Waals surface area contributed by atoms with Crippen LogP contribution in [0.2, 0.25) is 0 Å². The molecular weight excluding hydrogens is 600 g/mol. The Bertz CT molecular complexity index is 1520. The van der Waals surface area contributed by atoms with Gasteiger partial charge in [-0.1, -0.05) is 76.2 Å². The van der Waals surface area contributed by atoms with Crippen molar-refractivity contribution in [1.29, 1.82) is 0 Å². The first-order valence-corrected chi connectivity index (χ1v) is 16.1. The van der Waals surface area contributed by atoms with E-state index in [0.29, 0.717) is 16.9 Å². The Balaban J connectivity index is 1.60. The number of hydrogen-bond acceptors (Lipinski definition) is 8. The Kier molecular flexibility index (Phi) is 11.6. The standard InChI is InChI=1S/C37H46N2O8/c1-22(2)17-32-36(43)46-31(25(5)28-20-37(28,44)27-11-8-7-9-12-27)13-10-14-33(40)39-29(34(41)38-21-24(4)35(42)47-32)19-26-15-16-30(45-6)23(3)18-26/h7-12,14-16,18,20,22,24-25,29,31-32,44H,13,17,19,21H2,1-6H3,(H,38,41)(H,39,40)/b14-10+/t24-,25-,29-,31+,32+,37+/m1/s1. The van der Waals surface area contributed by atoms with Gasteiger partial charge in [0.25, 0.3) is 0 Å². The molecule has 1 aliphatic carbocycles. The van der Waals surface area contributed by atoms with Gasteiger partial charge in [-0.2, -0.15) is 0 Å². The van der Waals surface area contributed by atoms with E-state index in [1.165, 1.54) is 6.08 Å². The Morgan fingerprint density at radius 2 is 1.74 bits per heavy atom. The predicted octanol–water partition coefficient (Wildman–Crippen LogP) is 4.08. The molecule has 252 valence electrons. The van der Waals surface area contributed by atoms with Crippen molar-refractivity contribution in [2.75, 3.05) is 13.7 Å². The first-order valence-electron chi connectivity index (χ1n) is 16.1. The molecule has 0 radical (unpaired) electrons. The Morgan fingerprint density at radius 3 is 2.40 bits per heavy atom. The lowest BCUT2D eigenvalue weighted by Gasteiger charge is -2.28. The summed E-state index contributed by atoms with van der Waals surface area (Å²) < 4.78 is 17.0. The maximum Gasteiger partial charge on any atom is 0.347 e. The number of nitrogens with one attached hydrogen (secondary N) is 2. The summed E-state index contributed by atoms with van der Waals surface area (Å²) in [7, 11) is 1.58. The summed E-state index contributed by atoms with van der Waals surface area (Å²) in [6.07, 6.45) is 3.26. The van der Waals surface area contributed by atoms with E-state index in [-0.39, 0.29) is 31.7 Å². The summed E-state index contributed by atoms with van der Waals surface area (Å²) >= 11 is 0. The molecule has 0 unspecified atom stereocenters. The molecule has 2 aromatic rings. The number of carbonyl (C=O) groups is 4. The second-order valence-corrected chi connectivity index (χ2v) is 12.9. The fourth-order valence-electron chi connectivity index (χ4n) is 5.77. The zero-order valence-electron chi connectivity index (χ0n) is 27.9. The van der Waals surface area contributed by atoms with Gasteiger partial charge in [-0.05, 0) is 59.7 Å². The molecule has 1 heterocycles. The van der Waals surface area contributed by atoms with E-state index in [2.05, 4.69) is 10.6 Å². The number of rotatable bonds is 8. The summed E-state index contributed by atoms with van der Waals surface area (Å²) in [5.41, 5.74) is 1.83. The van der Waals surface area contributed by atoms with Crippen molar-refractivity contribution in [3.05, 3.63) is 89.0 Å². The molecule has 0 saturated heterocycles. The second-order valence-electron chi connectivity index (χ2n) is 12.9. The van der Waals surface area contributed by atoms with Crippen LogP contribution in [0, 0.1) is 24.7 Å². The van der Waals surface area contributed by atoms with Gasteiger partial charge in [0.15, 0.2) is 6.10 Å². The van der Waals surface area contributed by atoms with Crippen molar-refractivity contribution in [2.45, 2.75) is 77.7 Å². The van der Waals surface area contributed by atoms with E-state index in [9.17, 15) is 24.3 Å². The summed E-state index contributed by atoms with van der Waals surface area (Å²) in [6.45, 7) is 9.10. The molecule has 0 aromatic heterocycles. The lowest BCUT2D eigenvalue weighted by molar-refractivity contribution is -0.175. The molecule has 3 N–H and O–H groups in total. The zero-order valence-corrected chi connectivity index (χ0v) is 27.9. The topological polar surface area (TPSA) is 140 Å². The molecule has 10 heteroatoms. The summed E-state index contributed by atoms with van der Waals surface area (Å²) in [4.78, 5) is 53.1. The smallest absolute Gasteiger partial charge is 0.347 e. The van der Waals surface area contributed by atoms with Gasteiger partial charge >= 0.3 is 11.9 Å². The lowest BCUT2D eigenvalue weighted by Crippen LogP contribution is -2.49. The summed E-state index contributed by atoms with van der Waals surface area (Å²) in [6, 6.07) is 13.8. The average Bonchev–Trinajstić information content (AvgIpc) is 3.74. The molecule has 4 rings (SSSR count). The molecule has 10 nitrogen and oxygen atoms in total. The first kappa shape index (κ1) is 35.4. The number of hydrogen-bond donors (Lipinski definition) is 3. The normalized spacial score (nSPS) is 27.1. The molecule has 0 saturated carbocycles. The number of amides is 2. The number of aliphatic hydroxyl groups is 1. The first-order chi connectivity index (χ1) is 22.3. The number of cyclic esters (lactones) is 2. The van der Waals surface area contributed by atoms with Crippen LogP contribution in [-0.2, 0) is 40.7 Å². The molecule has 47 heavy (non-hydrogen) atoms. The molecule has 2 aromatic carbocycles. The van der Waals surface area contributed by atoms with E-state index in [1.807, 2.05) is 76.2 Å². The van der Waals surface area contributed by atoms with Crippen molar-refractivity contribution in [2.24, 2.45) is 17.8 Å². The molecule has 2 amide bonds. The van der Waals surface area contributed by atoms with Crippen LogP contribution in [-0.4, -0.2) is 60.8 Å². The molecular formula is C37H46N2O8. The van der Waals surface area contributed by atoms with E-state index < -0.39 is 59.4 Å². The van der Waals surface area contributed by atoms with Crippen LogP contribution in [0.1, 0.15) is 57.2 Å². The van der Waals surface area contributed by atoms with E-state index in [1.54, 1.807) is 26.2 Å². The van der Waals surface area contributed by atoms with Crippen molar-refractivity contribution in [3.8, 4) is 5.75 Å². The van der Waals surface area contributed by atoms with Crippen molar-refractivity contribution in [1.82, 2.24) is 10.6 Å². The van der Waals surface area contributed by atoms with Crippen LogP contribution in [0.25, 0.3) is 0 Å². The van der Waals surface area contributed by atoms with E-state index in [0.717, 1.165) is 11.1 Å². The lowest BCUT2D eigenvalue weighted by atomic mass is 9.91. The Morgan fingerprint density at radius 1 is 1.02 bits per heavy atom. The minimum atomic E-state index is -1.26. The monoisotopic (exact) mass is 646 g/mol. The fourth-order valence-corrected chi connectivity index (χ4v) is 5.77. The van der Waals surface area contributed by atoms with Crippen LogP contribution in [0.5, 0.6) is 5.75 Å². The van der Waals surface area contributed by atoms with Crippen LogP contribution < -0.4 is 15.4 Å². The Labute approximate surface area is 276 Å². The highest BCUT2D eigenvalue weighted by molar-refractivity contribution is 5.93. The van der Waals surface area contributed by atoms with Gasteiger partial charge < -0.3 is 30.0 Å². The van der Waals surface area contributed by atoms with Crippen LogP contribution >= 0.6 is 0 Å². The molecule has 0 fully saturated rings. The predicted molar refractivity (Wildman–Crippen MR) is 176 cm³/mol. The second kappa shape index (κ2) is 15.4. The van der Waals surface area contributed by atoms with Gasteiger partial charge in [-0.25, -0.2) is 4.79 Å². The number of methoxy groups -OCH3 is 1. The third-order valence-electron chi connectivity index (χ3n) is 8.61. The van der Waals surface area contributed by atoms with E-state index >= 15 is 0 Å². The van der Waals surface area contributed by atoms with Crippen LogP contribution in [0.3, 0.4) is 0 Å². The third-order valence-corrected chi connectivity index (χ3v) is 8.61. The summed E-state index contributed by atoms with van der Waals surface area (Å²) in [5.74, 6) is -2.81. The number of esters is 2. The van der Waals surface area contributed by atoms with Gasteiger partial charge in [0.1, 0.15) is 23.5 Å². The van der Waals surface area contributed by atoms with Crippen LogP contribution in [0.15, 0.2) is 72.3 Å². The molecule has 0 spiro atoms. The number of aryl methyl sites for hydroxylation is 1. The minimum Gasteiger partial charge on any atom is -0.496 e. The zero-order chi connectivity index (χ0) is 34.3. The van der Waals surface area contributed by atoms with Crippen molar-refractivity contribution < 1.29 is 38.5 Å². The van der Waals surface area contributed by atoms with Gasteiger partial charge in [0.05, 0.1) is 13.0 Å². The maximum absolute atomic E-state index is 13.5. The molecule has 0 bridgehead atoms. The third kappa shape index (κ3) is 9.10. The molecule has 6 atom stereocenters. The highest BCUT2D eigenvalue weighted by Crippen LogP contribution is 2.49. The van der Waals surface area contributed by atoms with Gasteiger partial charge in [-0.15, -0.1) is 0 Å². The quantitative estimate of drug-likeness (QED) is 0.288. The summed E-state index contributed by atoms with van der Waals surface area (Å²) in [5, 5.41) is 16.9.